The first-order valence-corrected chi connectivity index (χ1v) is 7.14. The zero-order valence-electron chi connectivity index (χ0n) is 11.0. The Balaban J connectivity index is 3.93. The first kappa shape index (κ1) is 17.5. The van der Waals surface area contributed by atoms with Crippen LogP contribution in [-0.4, -0.2) is 41.4 Å². The SMILES string of the molecule is CC(C)OP(=O)(O)OCC(O)COC(=O)C(C)C. The zero-order valence-corrected chi connectivity index (χ0v) is 11.9. The van der Waals surface area contributed by atoms with Gasteiger partial charge in [0.1, 0.15) is 12.7 Å². The predicted molar refractivity (Wildman–Crippen MR) is 63.8 cm³/mol. The monoisotopic (exact) mass is 284 g/mol. The molecular weight excluding hydrogens is 263 g/mol. The Hall–Kier alpha value is -0.460. The summed E-state index contributed by atoms with van der Waals surface area (Å²) in [7, 11) is -4.17. The largest absolute Gasteiger partial charge is 0.472 e. The number of carbonyl (C=O) groups is 1. The van der Waals surface area contributed by atoms with Crippen molar-refractivity contribution in [2.24, 2.45) is 5.92 Å². The van der Waals surface area contributed by atoms with Crippen molar-refractivity contribution in [2.75, 3.05) is 13.2 Å². The lowest BCUT2D eigenvalue weighted by Crippen LogP contribution is -2.25. The molecule has 0 aliphatic rings. The number of phosphoric acid groups is 1. The van der Waals surface area contributed by atoms with Crippen LogP contribution in [0.1, 0.15) is 27.7 Å². The zero-order chi connectivity index (χ0) is 14.3. The van der Waals surface area contributed by atoms with E-state index in [1.807, 2.05) is 0 Å². The number of rotatable bonds is 8. The summed E-state index contributed by atoms with van der Waals surface area (Å²) in [6, 6.07) is 0. The summed E-state index contributed by atoms with van der Waals surface area (Å²) < 4.78 is 25.2. The summed E-state index contributed by atoms with van der Waals surface area (Å²) in [6.45, 7) is 5.72. The normalized spacial score (nSPS) is 16.7. The summed E-state index contributed by atoms with van der Waals surface area (Å²) in [5, 5.41) is 9.39. The number of hydrogen-bond donors (Lipinski definition) is 2. The van der Waals surface area contributed by atoms with E-state index in [-0.39, 0.29) is 12.5 Å². The fraction of sp³-hybridized carbons (Fsp3) is 0.900. The number of ether oxygens (including phenoxy) is 1. The van der Waals surface area contributed by atoms with Crippen LogP contribution >= 0.6 is 7.82 Å². The van der Waals surface area contributed by atoms with E-state index in [0.29, 0.717) is 0 Å². The average molecular weight is 284 g/mol. The van der Waals surface area contributed by atoms with Gasteiger partial charge in [-0.1, -0.05) is 13.8 Å². The average Bonchev–Trinajstić information content (AvgIpc) is 2.21. The third-order valence-corrected chi connectivity index (χ3v) is 2.83. The molecule has 0 aromatic rings. The van der Waals surface area contributed by atoms with Gasteiger partial charge in [-0.05, 0) is 13.8 Å². The minimum atomic E-state index is -4.17. The minimum absolute atomic E-state index is 0.293. The van der Waals surface area contributed by atoms with Gasteiger partial charge in [-0.3, -0.25) is 13.8 Å². The van der Waals surface area contributed by atoms with Gasteiger partial charge in [-0.15, -0.1) is 0 Å². The molecule has 0 aromatic heterocycles. The molecule has 0 aliphatic carbocycles. The number of hydrogen-bond acceptors (Lipinski definition) is 6. The maximum absolute atomic E-state index is 11.3. The summed E-state index contributed by atoms with van der Waals surface area (Å²) in [6.07, 6.45) is -1.65. The molecule has 108 valence electrons. The highest BCUT2D eigenvalue weighted by atomic mass is 31.2. The van der Waals surface area contributed by atoms with Crippen LogP contribution in [0.5, 0.6) is 0 Å². The summed E-state index contributed by atoms with van der Waals surface area (Å²) in [5.74, 6) is -0.758. The van der Waals surface area contributed by atoms with Gasteiger partial charge < -0.3 is 14.7 Å². The molecule has 0 bridgehead atoms. The molecule has 0 saturated carbocycles. The Bertz CT molecular complexity index is 303. The van der Waals surface area contributed by atoms with E-state index in [4.69, 9.17) is 4.74 Å². The molecule has 0 radical (unpaired) electrons. The number of aliphatic hydroxyl groups excluding tert-OH is 1. The summed E-state index contributed by atoms with van der Waals surface area (Å²) in [5.41, 5.74) is 0. The lowest BCUT2D eigenvalue weighted by atomic mass is 10.2. The number of aliphatic hydroxyl groups is 1. The van der Waals surface area contributed by atoms with Crippen LogP contribution in [0.15, 0.2) is 0 Å². The molecule has 0 spiro atoms. The first-order chi connectivity index (χ1) is 8.14. The van der Waals surface area contributed by atoms with Gasteiger partial charge in [0.2, 0.25) is 0 Å². The molecule has 0 saturated heterocycles. The van der Waals surface area contributed by atoms with Crippen LogP contribution in [-0.2, 0) is 23.1 Å². The van der Waals surface area contributed by atoms with Crippen molar-refractivity contribution in [3.05, 3.63) is 0 Å². The maximum Gasteiger partial charge on any atom is 0.472 e. The van der Waals surface area contributed by atoms with Crippen molar-refractivity contribution in [2.45, 2.75) is 39.9 Å². The molecule has 0 fully saturated rings. The molecule has 18 heavy (non-hydrogen) atoms. The Morgan fingerprint density at radius 1 is 1.22 bits per heavy atom. The summed E-state index contributed by atoms with van der Waals surface area (Å²) in [4.78, 5) is 20.3. The highest BCUT2D eigenvalue weighted by molar-refractivity contribution is 7.47. The van der Waals surface area contributed by atoms with E-state index in [0.717, 1.165) is 0 Å². The summed E-state index contributed by atoms with van der Waals surface area (Å²) >= 11 is 0. The Labute approximate surface area is 107 Å². The van der Waals surface area contributed by atoms with Crippen molar-refractivity contribution in [3.63, 3.8) is 0 Å². The Morgan fingerprint density at radius 2 is 1.78 bits per heavy atom. The number of phosphoric ester groups is 1. The van der Waals surface area contributed by atoms with E-state index in [2.05, 4.69) is 9.05 Å². The van der Waals surface area contributed by atoms with E-state index in [9.17, 15) is 19.4 Å². The second-order valence-corrected chi connectivity index (χ2v) is 5.76. The maximum atomic E-state index is 11.3. The van der Waals surface area contributed by atoms with Gasteiger partial charge in [0.05, 0.1) is 18.6 Å². The van der Waals surface area contributed by atoms with Crippen LogP contribution < -0.4 is 0 Å². The smallest absolute Gasteiger partial charge is 0.463 e. The molecule has 2 atom stereocenters. The lowest BCUT2D eigenvalue weighted by Gasteiger charge is -2.17. The molecule has 0 heterocycles. The van der Waals surface area contributed by atoms with Crippen LogP contribution in [0, 0.1) is 5.92 Å². The molecule has 2 N–H and O–H groups in total. The second kappa shape index (κ2) is 7.86. The van der Waals surface area contributed by atoms with Crippen LogP contribution in [0.25, 0.3) is 0 Å². The van der Waals surface area contributed by atoms with E-state index in [1.54, 1.807) is 27.7 Å². The van der Waals surface area contributed by atoms with Crippen molar-refractivity contribution in [1.29, 1.82) is 0 Å². The molecular formula is C10H21O7P. The first-order valence-electron chi connectivity index (χ1n) is 5.64. The minimum Gasteiger partial charge on any atom is -0.463 e. The Kier molecular flexibility index (Phi) is 7.66. The highest BCUT2D eigenvalue weighted by Gasteiger charge is 2.24. The van der Waals surface area contributed by atoms with Gasteiger partial charge in [0.15, 0.2) is 0 Å². The van der Waals surface area contributed by atoms with Crippen LogP contribution in [0.2, 0.25) is 0 Å². The molecule has 0 rings (SSSR count). The molecule has 0 aromatic carbocycles. The van der Waals surface area contributed by atoms with Gasteiger partial charge in [0.25, 0.3) is 0 Å². The Morgan fingerprint density at radius 3 is 2.22 bits per heavy atom. The van der Waals surface area contributed by atoms with Gasteiger partial charge in [0, 0.05) is 0 Å². The quantitative estimate of drug-likeness (QED) is 0.508. The van der Waals surface area contributed by atoms with Crippen molar-refractivity contribution < 1.29 is 33.1 Å². The van der Waals surface area contributed by atoms with E-state index >= 15 is 0 Å². The van der Waals surface area contributed by atoms with Crippen LogP contribution in [0.3, 0.4) is 0 Å². The molecule has 2 unspecified atom stereocenters. The van der Waals surface area contributed by atoms with E-state index < -0.39 is 32.6 Å². The van der Waals surface area contributed by atoms with Crippen LogP contribution in [0.4, 0.5) is 0 Å². The highest BCUT2D eigenvalue weighted by Crippen LogP contribution is 2.44. The van der Waals surface area contributed by atoms with Crippen molar-refractivity contribution in [1.82, 2.24) is 0 Å². The molecule has 0 amide bonds. The standard InChI is InChI=1S/C10H21O7P/c1-7(2)10(12)15-5-9(11)6-16-18(13,14)17-8(3)4/h7-9,11H,5-6H2,1-4H3,(H,13,14). The number of esters is 1. The molecule has 0 aliphatic heterocycles. The van der Waals surface area contributed by atoms with Gasteiger partial charge in [-0.25, -0.2) is 4.57 Å². The van der Waals surface area contributed by atoms with Gasteiger partial charge >= 0.3 is 13.8 Å². The third-order valence-electron chi connectivity index (χ3n) is 1.66. The lowest BCUT2D eigenvalue weighted by molar-refractivity contribution is -0.150. The third kappa shape index (κ3) is 8.60. The van der Waals surface area contributed by atoms with Gasteiger partial charge in [-0.2, -0.15) is 0 Å². The fourth-order valence-corrected chi connectivity index (χ4v) is 1.82. The van der Waals surface area contributed by atoms with Crippen molar-refractivity contribution >= 4 is 13.8 Å². The van der Waals surface area contributed by atoms with E-state index in [1.165, 1.54) is 0 Å². The molecule has 8 heteroatoms. The topological polar surface area (TPSA) is 102 Å². The van der Waals surface area contributed by atoms with Crippen molar-refractivity contribution in [3.8, 4) is 0 Å². The fourth-order valence-electron chi connectivity index (χ4n) is 0.870. The molecule has 7 nitrogen and oxygen atoms in total. The second-order valence-electron chi connectivity index (χ2n) is 4.36. The number of carbonyl (C=O) groups excluding carboxylic acids is 1. The predicted octanol–water partition coefficient (Wildman–Crippen LogP) is 1.09.